The fourth-order valence-electron chi connectivity index (χ4n) is 2.91. The average molecular weight is 265 g/mol. The van der Waals surface area contributed by atoms with Gasteiger partial charge in [0.25, 0.3) is 0 Å². The van der Waals surface area contributed by atoms with Crippen LogP contribution in [-0.2, 0) is 9.53 Å². The predicted octanol–water partition coefficient (Wildman–Crippen LogP) is 0.907. The van der Waals surface area contributed by atoms with E-state index in [4.69, 9.17) is 4.74 Å². The zero-order valence-electron chi connectivity index (χ0n) is 11.7. The van der Waals surface area contributed by atoms with Crippen molar-refractivity contribution in [2.45, 2.75) is 38.2 Å². The molecule has 0 aromatic carbocycles. The Morgan fingerprint density at radius 3 is 2.84 bits per heavy atom. The van der Waals surface area contributed by atoms with Crippen molar-refractivity contribution < 1.29 is 9.53 Å². The number of hydrogen-bond donors (Lipinski definition) is 1. The van der Waals surface area contributed by atoms with Crippen LogP contribution >= 0.6 is 0 Å². The molecule has 2 rings (SSSR count). The van der Waals surface area contributed by atoms with Crippen molar-refractivity contribution in [1.82, 2.24) is 10.2 Å². The molecular formula is C14H23N3O2. The highest BCUT2D eigenvalue weighted by Crippen LogP contribution is 2.35. The molecule has 1 amide bonds. The predicted molar refractivity (Wildman–Crippen MR) is 71.4 cm³/mol. The third-order valence-corrected chi connectivity index (χ3v) is 4.19. The second kappa shape index (κ2) is 6.36. The van der Waals surface area contributed by atoms with E-state index in [0.29, 0.717) is 26.0 Å². The Hall–Kier alpha value is -1.12. The highest BCUT2D eigenvalue weighted by atomic mass is 16.5. The maximum atomic E-state index is 12.3. The van der Waals surface area contributed by atoms with Crippen LogP contribution in [0, 0.1) is 16.7 Å². The highest BCUT2D eigenvalue weighted by Gasteiger charge is 2.39. The van der Waals surface area contributed by atoms with Gasteiger partial charge in [0, 0.05) is 19.6 Å². The van der Waals surface area contributed by atoms with E-state index in [1.807, 2.05) is 0 Å². The number of nitrogens with zero attached hydrogens (tertiary/aromatic N) is 2. The molecule has 5 nitrogen and oxygen atoms in total. The van der Waals surface area contributed by atoms with E-state index in [0.717, 1.165) is 32.4 Å². The molecule has 0 spiro atoms. The molecule has 1 aliphatic carbocycles. The third kappa shape index (κ3) is 3.46. The van der Waals surface area contributed by atoms with E-state index in [2.05, 4.69) is 23.3 Å². The molecule has 1 aliphatic heterocycles. The van der Waals surface area contributed by atoms with Crippen LogP contribution in [0.15, 0.2) is 0 Å². The van der Waals surface area contributed by atoms with Crippen LogP contribution in [0.1, 0.15) is 32.1 Å². The summed E-state index contributed by atoms with van der Waals surface area (Å²) in [4.78, 5) is 14.5. The number of likely N-dealkylation sites (N-methyl/N-ethyl adjacent to an activating group) is 1. The number of rotatable bonds is 3. The van der Waals surface area contributed by atoms with E-state index in [1.165, 1.54) is 0 Å². The summed E-state index contributed by atoms with van der Waals surface area (Å²) in [6.45, 7) is 2.99. The maximum absolute atomic E-state index is 12.3. The third-order valence-electron chi connectivity index (χ3n) is 4.19. The summed E-state index contributed by atoms with van der Waals surface area (Å²) in [7, 11) is 2.05. The summed E-state index contributed by atoms with van der Waals surface area (Å²) < 4.78 is 5.61. The van der Waals surface area contributed by atoms with Crippen molar-refractivity contribution in [3.05, 3.63) is 0 Å². The number of hydrogen-bond acceptors (Lipinski definition) is 4. The van der Waals surface area contributed by atoms with E-state index in [1.54, 1.807) is 0 Å². The van der Waals surface area contributed by atoms with Gasteiger partial charge in [-0.15, -0.1) is 0 Å². The van der Waals surface area contributed by atoms with Crippen LogP contribution in [-0.4, -0.2) is 50.2 Å². The molecule has 0 aromatic heterocycles. The largest absolute Gasteiger partial charge is 0.374 e. The molecule has 1 N–H and O–H groups in total. The van der Waals surface area contributed by atoms with Gasteiger partial charge < -0.3 is 15.0 Å². The van der Waals surface area contributed by atoms with Crippen molar-refractivity contribution in [2.75, 3.05) is 33.3 Å². The van der Waals surface area contributed by atoms with Gasteiger partial charge in [-0.05, 0) is 19.9 Å². The van der Waals surface area contributed by atoms with Crippen molar-refractivity contribution in [1.29, 1.82) is 5.26 Å². The van der Waals surface area contributed by atoms with Gasteiger partial charge in [-0.1, -0.05) is 19.3 Å². The first-order valence-electron chi connectivity index (χ1n) is 7.16. The lowest BCUT2D eigenvalue weighted by Crippen LogP contribution is -2.49. The van der Waals surface area contributed by atoms with Gasteiger partial charge in [0.2, 0.25) is 5.91 Å². The average Bonchev–Trinajstić information content (AvgIpc) is 2.45. The molecule has 1 heterocycles. The van der Waals surface area contributed by atoms with Crippen molar-refractivity contribution >= 4 is 5.91 Å². The fourth-order valence-corrected chi connectivity index (χ4v) is 2.91. The summed E-state index contributed by atoms with van der Waals surface area (Å²) in [5.41, 5.74) is -0.793. The van der Waals surface area contributed by atoms with Crippen LogP contribution in [0.5, 0.6) is 0 Å². The highest BCUT2D eigenvalue weighted by molar-refractivity contribution is 5.85. The van der Waals surface area contributed by atoms with Gasteiger partial charge >= 0.3 is 0 Å². The zero-order chi connectivity index (χ0) is 13.7. The topological polar surface area (TPSA) is 65.4 Å². The molecule has 19 heavy (non-hydrogen) atoms. The molecule has 1 saturated carbocycles. The first-order valence-corrected chi connectivity index (χ1v) is 7.16. The van der Waals surface area contributed by atoms with E-state index in [9.17, 15) is 10.1 Å². The molecule has 0 aromatic rings. The molecule has 106 valence electrons. The summed E-state index contributed by atoms with van der Waals surface area (Å²) in [6.07, 6.45) is 4.52. The SMILES string of the molecule is CN1CCOC(CNC(=O)C2(C#N)CCCCC2)C1. The Labute approximate surface area is 114 Å². The molecule has 0 radical (unpaired) electrons. The molecule has 0 bridgehead atoms. The Balaban J connectivity index is 1.84. The number of morpholine rings is 1. The summed E-state index contributed by atoms with van der Waals surface area (Å²) >= 11 is 0. The van der Waals surface area contributed by atoms with Crippen LogP contribution < -0.4 is 5.32 Å². The lowest BCUT2D eigenvalue weighted by atomic mass is 9.74. The van der Waals surface area contributed by atoms with Crippen molar-refractivity contribution in [3.8, 4) is 6.07 Å². The number of carbonyl (C=O) groups excluding carboxylic acids is 1. The quantitative estimate of drug-likeness (QED) is 0.823. The number of ether oxygens (including phenoxy) is 1. The van der Waals surface area contributed by atoms with Crippen LogP contribution in [0.4, 0.5) is 0 Å². The number of amides is 1. The molecule has 2 fully saturated rings. The number of nitriles is 1. The minimum atomic E-state index is -0.793. The van der Waals surface area contributed by atoms with E-state index < -0.39 is 5.41 Å². The Morgan fingerprint density at radius 1 is 1.47 bits per heavy atom. The zero-order valence-corrected chi connectivity index (χ0v) is 11.7. The summed E-state index contributed by atoms with van der Waals surface area (Å²) in [5, 5.41) is 12.3. The van der Waals surface area contributed by atoms with Gasteiger partial charge in [0.05, 0.1) is 18.8 Å². The Morgan fingerprint density at radius 2 is 2.21 bits per heavy atom. The number of nitrogens with one attached hydrogen (secondary N) is 1. The smallest absolute Gasteiger partial charge is 0.240 e. The molecule has 5 heteroatoms. The second-order valence-electron chi connectivity index (χ2n) is 5.72. The Kier molecular flexibility index (Phi) is 4.78. The second-order valence-corrected chi connectivity index (χ2v) is 5.72. The van der Waals surface area contributed by atoms with Crippen molar-refractivity contribution in [2.24, 2.45) is 5.41 Å². The fraction of sp³-hybridized carbons (Fsp3) is 0.857. The lowest BCUT2D eigenvalue weighted by Gasteiger charge is -2.32. The standard InChI is InChI=1S/C14H23N3O2/c1-17-7-8-19-12(10-17)9-16-13(18)14(11-15)5-3-2-4-6-14/h12H,2-10H2,1H3,(H,16,18). The van der Waals surface area contributed by atoms with Crippen LogP contribution in [0.3, 0.4) is 0 Å². The lowest BCUT2D eigenvalue weighted by molar-refractivity contribution is -0.130. The molecule has 1 atom stereocenters. The van der Waals surface area contributed by atoms with E-state index in [-0.39, 0.29) is 12.0 Å². The minimum absolute atomic E-state index is 0.0435. The summed E-state index contributed by atoms with van der Waals surface area (Å²) in [5.74, 6) is -0.105. The first-order chi connectivity index (χ1) is 9.16. The van der Waals surface area contributed by atoms with Gasteiger partial charge in [-0.25, -0.2) is 0 Å². The van der Waals surface area contributed by atoms with Gasteiger partial charge in [-0.3, -0.25) is 4.79 Å². The van der Waals surface area contributed by atoms with Gasteiger partial charge in [0.1, 0.15) is 5.41 Å². The monoisotopic (exact) mass is 265 g/mol. The number of carbonyl (C=O) groups is 1. The minimum Gasteiger partial charge on any atom is -0.374 e. The first kappa shape index (κ1) is 14.3. The molecule has 2 aliphatic rings. The maximum Gasteiger partial charge on any atom is 0.240 e. The van der Waals surface area contributed by atoms with Crippen LogP contribution in [0.2, 0.25) is 0 Å². The molecule has 1 saturated heterocycles. The van der Waals surface area contributed by atoms with Gasteiger partial charge in [-0.2, -0.15) is 5.26 Å². The Bertz CT molecular complexity index is 358. The normalized spacial score (nSPS) is 27.5. The van der Waals surface area contributed by atoms with E-state index >= 15 is 0 Å². The van der Waals surface area contributed by atoms with Gasteiger partial charge in [0.15, 0.2) is 0 Å². The molecular weight excluding hydrogens is 242 g/mol. The van der Waals surface area contributed by atoms with Crippen molar-refractivity contribution in [3.63, 3.8) is 0 Å². The molecule has 1 unspecified atom stereocenters. The van der Waals surface area contributed by atoms with Crippen LogP contribution in [0.25, 0.3) is 0 Å². The summed E-state index contributed by atoms with van der Waals surface area (Å²) in [6, 6.07) is 2.25.